The Labute approximate surface area is 102 Å². The number of rotatable bonds is 2. The highest BCUT2D eigenvalue weighted by Crippen LogP contribution is 2.27. The van der Waals surface area contributed by atoms with Crippen molar-refractivity contribution in [2.75, 3.05) is 6.61 Å². The molecular weight excluding hydrogens is 244 g/mol. The summed E-state index contributed by atoms with van der Waals surface area (Å²) in [6.45, 7) is -0.479. The number of H-pyrrole nitrogens is 1. The van der Waals surface area contributed by atoms with E-state index >= 15 is 0 Å². The largest absolute Gasteiger partial charge is 0.394 e. The van der Waals surface area contributed by atoms with Gasteiger partial charge in [-0.25, -0.2) is 4.79 Å². The van der Waals surface area contributed by atoms with Crippen LogP contribution in [0.25, 0.3) is 0 Å². The molecule has 1 aromatic heterocycles. The zero-order chi connectivity index (χ0) is 12.6. The molecule has 0 unspecified atom stereocenters. The summed E-state index contributed by atoms with van der Waals surface area (Å²) in [6, 6.07) is 1.09. The fourth-order valence-corrected chi connectivity index (χ4v) is 1.74. The third-order valence-electron chi connectivity index (χ3n) is 2.64. The smallest absolute Gasteiger partial charge is 0.330 e. The van der Waals surface area contributed by atoms with Gasteiger partial charge in [0, 0.05) is 19.7 Å². The van der Waals surface area contributed by atoms with Crippen molar-refractivity contribution >= 4 is 0 Å². The van der Waals surface area contributed by atoms with E-state index in [1.54, 1.807) is 0 Å². The number of aromatic amines is 1. The molecule has 0 amide bonds. The lowest BCUT2D eigenvalue weighted by Gasteiger charge is -2.16. The van der Waals surface area contributed by atoms with Gasteiger partial charge in [-0.1, -0.05) is 0 Å². The predicted molar refractivity (Wildman–Crippen MR) is 57.6 cm³/mol. The van der Waals surface area contributed by atoms with Gasteiger partial charge in [0.05, 0.1) is 6.61 Å². The lowest BCUT2D eigenvalue weighted by Crippen LogP contribution is -2.37. The Hall–Kier alpha value is -1.48. The molecule has 4 N–H and O–H groups in total. The fraction of sp³-hybridized carbons (Fsp3) is 0.500. The first kappa shape index (κ1) is 14.6. The Kier molecular flexibility index (Phi) is 4.41. The van der Waals surface area contributed by atoms with Gasteiger partial charge in [0.15, 0.2) is 6.23 Å². The molecule has 1 fully saturated rings. The van der Waals surface area contributed by atoms with Crippen LogP contribution in [0.5, 0.6) is 0 Å². The molecule has 2 heterocycles. The van der Waals surface area contributed by atoms with E-state index in [0.717, 1.165) is 16.8 Å². The molecule has 1 aliphatic heterocycles. The molecule has 98 valence electrons. The number of nitrogens with one attached hydrogen (secondary N) is 1. The monoisotopic (exact) mass is 256 g/mol. The average molecular weight is 256 g/mol. The van der Waals surface area contributed by atoms with Crippen LogP contribution in [0, 0.1) is 7.43 Å². The van der Waals surface area contributed by atoms with Gasteiger partial charge in [0.25, 0.3) is 5.56 Å². The number of ether oxygens (including phenoxy) is 1. The molecule has 4 atom stereocenters. The highest BCUT2D eigenvalue weighted by Gasteiger charge is 2.43. The van der Waals surface area contributed by atoms with E-state index in [4.69, 9.17) is 9.84 Å². The van der Waals surface area contributed by atoms with Crippen molar-refractivity contribution in [2.24, 2.45) is 0 Å². The van der Waals surface area contributed by atoms with Gasteiger partial charge >= 0.3 is 5.69 Å². The molecule has 1 saturated heterocycles. The molecular formula is C10H12N2O6. The van der Waals surface area contributed by atoms with Gasteiger partial charge in [-0.3, -0.25) is 14.3 Å². The summed E-state index contributed by atoms with van der Waals surface area (Å²) in [7, 11) is 0. The Balaban J connectivity index is 0.00000162. The van der Waals surface area contributed by atoms with Gasteiger partial charge in [-0.2, -0.15) is 0 Å². The summed E-state index contributed by atoms with van der Waals surface area (Å²) in [5.41, 5.74) is -1.33. The molecule has 18 heavy (non-hydrogen) atoms. The molecule has 1 aromatic rings. The molecule has 8 heteroatoms. The van der Waals surface area contributed by atoms with E-state index in [2.05, 4.69) is 0 Å². The van der Waals surface area contributed by atoms with Gasteiger partial charge in [0.1, 0.15) is 18.3 Å². The molecule has 0 saturated carbocycles. The van der Waals surface area contributed by atoms with Crippen molar-refractivity contribution in [1.82, 2.24) is 9.55 Å². The van der Waals surface area contributed by atoms with Gasteiger partial charge in [-0.05, 0) is 0 Å². The van der Waals surface area contributed by atoms with Gasteiger partial charge in [0.2, 0.25) is 0 Å². The van der Waals surface area contributed by atoms with E-state index in [-0.39, 0.29) is 7.43 Å². The zero-order valence-corrected chi connectivity index (χ0v) is 9.18. The van der Waals surface area contributed by atoms with Crippen LogP contribution in [-0.2, 0) is 4.74 Å². The molecule has 0 spiro atoms. The van der Waals surface area contributed by atoms with Crippen LogP contribution in [0.4, 0.5) is 0 Å². The maximum atomic E-state index is 11.4. The number of aliphatic hydroxyl groups is 3. The second-order valence-electron chi connectivity index (χ2n) is 3.75. The van der Waals surface area contributed by atoms with E-state index < -0.39 is 42.4 Å². The standard InChI is InChI=1S/C9H12N2O6.C/c12-3-4-6(14)7(15)8(17-4)11-2-1-5(13)10-9(11)16;/h1-2,4,6-8,12,14-15H,3H2,(H,10,13,16);/t4-,6-,7-,8-;/m1./s1. The SMILES string of the molecule is O=c1ccn([C@@H]2O[C@H](CO)[C@@H](O)[C@H]2O)c(=O)[nH]1.[C]. The summed E-state index contributed by atoms with van der Waals surface area (Å²) in [5, 5.41) is 28.1. The van der Waals surface area contributed by atoms with Crippen LogP contribution in [-0.4, -0.2) is 49.8 Å². The highest BCUT2D eigenvalue weighted by atomic mass is 16.6. The number of hydrogen-bond donors (Lipinski definition) is 4. The Morgan fingerprint density at radius 3 is 2.50 bits per heavy atom. The summed E-state index contributed by atoms with van der Waals surface area (Å²) >= 11 is 0. The van der Waals surface area contributed by atoms with Crippen LogP contribution < -0.4 is 11.2 Å². The first-order valence-corrected chi connectivity index (χ1v) is 4.98. The quantitative estimate of drug-likeness (QED) is 0.454. The third kappa shape index (κ3) is 2.36. The zero-order valence-electron chi connectivity index (χ0n) is 9.18. The molecule has 8 nitrogen and oxygen atoms in total. The first-order chi connectivity index (χ1) is 8.04. The minimum absolute atomic E-state index is 0. The van der Waals surface area contributed by atoms with Crippen molar-refractivity contribution in [1.29, 1.82) is 0 Å². The van der Waals surface area contributed by atoms with Crippen LogP contribution in [0.3, 0.4) is 0 Å². The minimum Gasteiger partial charge on any atom is -0.394 e. The van der Waals surface area contributed by atoms with Crippen LogP contribution in [0.15, 0.2) is 21.9 Å². The van der Waals surface area contributed by atoms with Gasteiger partial charge in [-0.15, -0.1) is 0 Å². The summed E-state index contributed by atoms with van der Waals surface area (Å²) in [4.78, 5) is 24.3. The molecule has 1 aliphatic rings. The molecule has 0 aromatic carbocycles. The van der Waals surface area contributed by atoms with Crippen LogP contribution >= 0.6 is 0 Å². The second kappa shape index (κ2) is 5.44. The highest BCUT2D eigenvalue weighted by molar-refractivity contribution is 4.92. The van der Waals surface area contributed by atoms with Crippen LogP contribution in [0.2, 0.25) is 0 Å². The molecule has 0 bridgehead atoms. The Morgan fingerprint density at radius 2 is 2.00 bits per heavy atom. The van der Waals surface area contributed by atoms with E-state index in [0.29, 0.717) is 0 Å². The van der Waals surface area contributed by atoms with E-state index in [9.17, 15) is 19.8 Å². The minimum atomic E-state index is -1.35. The van der Waals surface area contributed by atoms with Crippen molar-refractivity contribution in [3.05, 3.63) is 40.5 Å². The van der Waals surface area contributed by atoms with E-state index in [1.165, 1.54) is 0 Å². The fourth-order valence-electron chi connectivity index (χ4n) is 1.74. The maximum absolute atomic E-state index is 11.4. The summed E-state index contributed by atoms with van der Waals surface area (Å²) < 4.78 is 6.08. The summed E-state index contributed by atoms with van der Waals surface area (Å²) in [5.74, 6) is 0. The Morgan fingerprint density at radius 1 is 1.33 bits per heavy atom. The maximum Gasteiger partial charge on any atom is 0.330 e. The summed E-state index contributed by atoms with van der Waals surface area (Å²) in [6.07, 6.45) is -3.58. The predicted octanol–water partition coefficient (Wildman–Crippen LogP) is -2.77. The number of nitrogens with zero attached hydrogens (tertiary/aromatic N) is 1. The first-order valence-electron chi connectivity index (χ1n) is 4.98. The average Bonchev–Trinajstić information content (AvgIpc) is 2.57. The van der Waals surface area contributed by atoms with Crippen molar-refractivity contribution in [2.45, 2.75) is 24.5 Å². The normalized spacial score (nSPS) is 31.1. The Bertz CT molecular complexity index is 510. The third-order valence-corrected chi connectivity index (χ3v) is 2.64. The number of aliphatic hydroxyl groups excluding tert-OH is 3. The number of aromatic nitrogens is 2. The van der Waals surface area contributed by atoms with E-state index in [1.807, 2.05) is 4.98 Å². The topological polar surface area (TPSA) is 125 Å². The lowest BCUT2D eigenvalue weighted by molar-refractivity contribution is -0.0550. The lowest BCUT2D eigenvalue weighted by atomic mass is 10.1. The van der Waals surface area contributed by atoms with Crippen molar-refractivity contribution in [3.8, 4) is 0 Å². The molecule has 4 radical (unpaired) electrons. The van der Waals surface area contributed by atoms with Crippen LogP contribution in [0.1, 0.15) is 6.23 Å². The second-order valence-corrected chi connectivity index (χ2v) is 3.75. The van der Waals surface area contributed by atoms with Crippen molar-refractivity contribution in [3.63, 3.8) is 0 Å². The van der Waals surface area contributed by atoms with Gasteiger partial charge < -0.3 is 20.1 Å². The van der Waals surface area contributed by atoms with Crippen molar-refractivity contribution < 1.29 is 20.1 Å². The molecule has 0 aliphatic carbocycles. The number of hydrogen-bond acceptors (Lipinski definition) is 6. The molecule has 2 rings (SSSR count).